The van der Waals surface area contributed by atoms with Crippen LogP contribution < -0.4 is 0 Å². The number of fused-ring (bicyclic) bond motifs is 1. The van der Waals surface area contributed by atoms with Crippen LogP contribution in [0.25, 0.3) is 0 Å². The van der Waals surface area contributed by atoms with E-state index < -0.39 is 0 Å². The zero-order valence-corrected chi connectivity index (χ0v) is 21.9. The minimum Gasteiger partial charge on any atom is -0.0651 e. The molecule has 0 aliphatic heterocycles. The highest BCUT2D eigenvalue weighted by atomic mass is 14.4. The quantitative estimate of drug-likeness (QED) is 0.268. The first-order valence-electron chi connectivity index (χ1n) is 13.8. The van der Waals surface area contributed by atoms with E-state index >= 15 is 0 Å². The number of unbranched alkanes of at least 4 members (excludes halogenated alkanes) is 2. The smallest absolute Gasteiger partial charge is 0.0161 e. The SMILES string of the molecule is CCC(CC)CCCCCc1cccc([C@@H]2c3ccc(C)cc3CC[C@@H]2c2ccc(C)cc2)c1. The van der Waals surface area contributed by atoms with E-state index in [4.69, 9.17) is 0 Å². The summed E-state index contributed by atoms with van der Waals surface area (Å²) in [6, 6.07) is 26.0. The Morgan fingerprint density at radius 2 is 1.53 bits per heavy atom. The van der Waals surface area contributed by atoms with Crippen molar-refractivity contribution in [3.05, 3.63) is 106 Å². The Kier molecular flexibility index (Phi) is 8.65. The Labute approximate surface area is 208 Å². The minimum atomic E-state index is 0.446. The summed E-state index contributed by atoms with van der Waals surface area (Å²) in [5.41, 5.74) is 10.3. The first kappa shape index (κ1) is 24.8. The number of hydrogen-bond donors (Lipinski definition) is 0. The fourth-order valence-electron chi connectivity index (χ4n) is 6.11. The topological polar surface area (TPSA) is 0 Å². The largest absolute Gasteiger partial charge is 0.0651 e. The van der Waals surface area contributed by atoms with Crippen molar-refractivity contribution < 1.29 is 0 Å². The van der Waals surface area contributed by atoms with Gasteiger partial charge in [-0.3, -0.25) is 0 Å². The van der Waals surface area contributed by atoms with Gasteiger partial charge in [-0.25, -0.2) is 0 Å². The van der Waals surface area contributed by atoms with Gasteiger partial charge < -0.3 is 0 Å². The van der Waals surface area contributed by atoms with E-state index in [9.17, 15) is 0 Å². The molecule has 0 N–H and O–H groups in total. The third-order valence-electron chi connectivity index (χ3n) is 8.31. The molecule has 4 rings (SSSR count). The van der Waals surface area contributed by atoms with Crippen molar-refractivity contribution in [3.8, 4) is 0 Å². The Morgan fingerprint density at radius 3 is 2.29 bits per heavy atom. The second-order valence-electron chi connectivity index (χ2n) is 10.8. The Balaban J connectivity index is 1.54. The summed E-state index contributed by atoms with van der Waals surface area (Å²) in [7, 11) is 0. The molecule has 0 heterocycles. The average Bonchev–Trinajstić information content (AvgIpc) is 2.86. The highest BCUT2D eigenvalue weighted by Crippen LogP contribution is 2.46. The summed E-state index contributed by atoms with van der Waals surface area (Å²) in [5.74, 6) is 1.92. The van der Waals surface area contributed by atoms with Crippen molar-refractivity contribution in [2.75, 3.05) is 0 Å². The lowest BCUT2D eigenvalue weighted by Gasteiger charge is -2.35. The van der Waals surface area contributed by atoms with E-state index in [1.54, 1.807) is 11.1 Å². The predicted octanol–water partition coefficient (Wildman–Crippen LogP) is 9.70. The lowest BCUT2D eigenvalue weighted by Crippen LogP contribution is -2.20. The third kappa shape index (κ3) is 6.01. The van der Waals surface area contributed by atoms with Crippen LogP contribution in [0.3, 0.4) is 0 Å². The molecule has 1 aliphatic rings. The first-order chi connectivity index (χ1) is 16.6. The summed E-state index contributed by atoms with van der Waals surface area (Å²) in [6.07, 6.45) is 11.8. The van der Waals surface area contributed by atoms with Gasteiger partial charge in [-0.15, -0.1) is 0 Å². The number of aryl methyl sites for hydroxylation is 4. The van der Waals surface area contributed by atoms with E-state index in [0.717, 1.165) is 5.92 Å². The molecule has 3 aromatic rings. The van der Waals surface area contributed by atoms with Crippen LogP contribution in [-0.4, -0.2) is 0 Å². The minimum absolute atomic E-state index is 0.446. The van der Waals surface area contributed by atoms with Gasteiger partial charge in [-0.2, -0.15) is 0 Å². The van der Waals surface area contributed by atoms with Gasteiger partial charge in [0.05, 0.1) is 0 Å². The second-order valence-corrected chi connectivity index (χ2v) is 10.8. The predicted molar refractivity (Wildman–Crippen MR) is 148 cm³/mol. The van der Waals surface area contributed by atoms with Gasteiger partial charge in [0.25, 0.3) is 0 Å². The van der Waals surface area contributed by atoms with Crippen molar-refractivity contribution in [1.29, 1.82) is 0 Å². The average molecular weight is 453 g/mol. The van der Waals surface area contributed by atoms with E-state index in [2.05, 4.69) is 94.4 Å². The van der Waals surface area contributed by atoms with E-state index in [-0.39, 0.29) is 0 Å². The van der Waals surface area contributed by atoms with Crippen LogP contribution >= 0.6 is 0 Å². The van der Waals surface area contributed by atoms with Crippen molar-refractivity contribution in [2.45, 2.75) is 97.3 Å². The molecule has 0 aromatic heterocycles. The van der Waals surface area contributed by atoms with Gasteiger partial charge in [0.1, 0.15) is 0 Å². The zero-order valence-electron chi connectivity index (χ0n) is 21.9. The molecule has 0 unspecified atom stereocenters. The van der Waals surface area contributed by atoms with E-state index in [1.807, 2.05) is 0 Å². The highest BCUT2D eigenvalue weighted by molar-refractivity contribution is 5.47. The molecule has 0 saturated carbocycles. The molecule has 0 amide bonds. The van der Waals surface area contributed by atoms with Crippen LogP contribution in [0.1, 0.15) is 110 Å². The molecular weight excluding hydrogens is 408 g/mol. The Bertz CT molecular complexity index is 1040. The van der Waals surface area contributed by atoms with Crippen LogP contribution in [0.2, 0.25) is 0 Å². The fourth-order valence-corrected chi connectivity index (χ4v) is 6.11. The molecule has 34 heavy (non-hydrogen) atoms. The van der Waals surface area contributed by atoms with Crippen molar-refractivity contribution in [2.24, 2.45) is 5.92 Å². The standard InChI is InChI=1S/C34H44/c1-5-27(6-2)11-8-7-9-12-28-13-10-14-31(24-28)34-32(29-18-15-25(3)16-19-29)22-20-30-23-26(4)17-21-33(30)34/h10,13-19,21,23-24,27,32,34H,5-9,11-12,20,22H2,1-4H3/t32-,34+/m1/s1. The van der Waals surface area contributed by atoms with Gasteiger partial charge >= 0.3 is 0 Å². The monoisotopic (exact) mass is 452 g/mol. The molecule has 0 radical (unpaired) electrons. The molecule has 0 bridgehead atoms. The number of rotatable bonds is 10. The molecule has 0 spiro atoms. The van der Waals surface area contributed by atoms with Gasteiger partial charge in [0, 0.05) is 5.92 Å². The van der Waals surface area contributed by atoms with E-state index in [0.29, 0.717) is 11.8 Å². The van der Waals surface area contributed by atoms with Crippen LogP contribution in [0.4, 0.5) is 0 Å². The van der Waals surface area contributed by atoms with Crippen LogP contribution in [-0.2, 0) is 12.8 Å². The maximum Gasteiger partial charge on any atom is 0.0161 e. The fraction of sp³-hybridized carbons (Fsp3) is 0.471. The Morgan fingerprint density at radius 1 is 0.765 bits per heavy atom. The maximum absolute atomic E-state index is 2.53. The summed E-state index contributed by atoms with van der Waals surface area (Å²) < 4.78 is 0. The molecule has 0 fully saturated rings. The van der Waals surface area contributed by atoms with Crippen LogP contribution in [0.15, 0.2) is 66.7 Å². The van der Waals surface area contributed by atoms with Gasteiger partial charge in [-0.05, 0) is 79.2 Å². The zero-order chi connectivity index (χ0) is 23.9. The third-order valence-corrected chi connectivity index (χ3v) is 8.31. The summed E-state index contributed by atoms with van der Waals surface area (Å²) in [5, 5.41) is 0. The van der Waals surface area contributed by atoms with Crippen molar-refractivity contribution in [1.82, 2.24) is 0 Å². The summed E-state index contributed by atoms with van der Waals surface area (Å²) in [6.45, 7) is 9.10. The number of benzene rings is 3. The lowest BCUT2D eigenvalue weighted by molar-refractivity contribution is 0.430. The molecule has 1 aliphatic carbocycles. The first-order valence-corrected chi connectivity index (χ1v) is 13.8. The Hall–Kier alpha value is -2.34. The molecular formula is C34H44. The maximum atomic E-state index is 2.53. The highest BCUT2D eigenvalue weighted by Gasteiger charge is 2.32. The molecule has 2 atom stereocenters. The molecule has 0 saturated heterocycles. The van der Waals surface area contributed by atoms with Gasteiger partial charge in [0.15, 0.2) is 0 Å². The molecule has 0 heteroatoms. The summed E-state index contributed by atoms with van der Waals surface area (Å²) >= 11 is 0. The van der Waals surface area contributed by atoms with Crippen molar-refractivity contribution in [3.63, 3.8) is 0 Å². The number of hydrogen-bond acceptors (Lipinski definition) is 0. The lowest BCUT2D eigenvalue weighted by atomic mass is 9.69. The normalized spacial score (nSPS) is 17.7. The molecule has 180 valence electrons. The molecule has 0 nitrogen and oxygen atoms in total. The van der Waals surface area contributed by atoms with Gasteiger partial charge in [-0.1, -0.05) is 124 Å². The van der Waals surface area contributed by atoms with Crippen molar-refractivity contribution >= 4 is 0 Å². The summed E-state index contributed by atoms with van der Waals surface area (Å²) in [4.78, 5) is 0. The van der Waals surface area contributed by atoms with Crippen LogP contribution in [0.5, 0.6) is 0 Å². The second kappa shape index (κ2) is 11.9. The van der Waals surface area contributed by atoms with Crippen LogP contribution in [0, 0.1) is 19.8 Å². The van der Waals surface area contributed by atoms with E-state index in [1.165, 1.54) is 85.6 Å². The molecule has 3 aromatic carbocycles. The van der Waals surface area contributed by atoms with Gasteiger partial charge in [0.2, 0.25) is 0 Å².